The van der Waals surface area contributed by atoms with Gasteiger partial charge in [-0.05, 0) is 49.0 Å². The van der Waals surface area contributed by atoms with Crippen LogP contribution in [0.5, 0.6) is 5.75 Å². The number of fused-ring (bicyclic) bond motifs is 1. The van der Waals surface area contributed by atoms with E-state index in [2.05, 4.69) is 28.6 Å². The Labute approximate surface area is 131 Å². The molecule has 0 unspecified atom stereocenters. The normalized spacial score (nSPS) is 22.6. The largest absolute Gasteiger partial charge is 0.497 e. The van der Waals surface area contributed by atoms with Crippen molar-refractivity contribution in [2.24, 2.45) is 11.8 Å². The van der Waals surface area contributed by atoms with Gasteiger partial charge < -0.3 is 14.3 Å². The Morgan fingerprint density at radius 3 is 2.62 bits per heavy atom. The fourth-order valence-electron chi connectivity index (χ4n) is 3.52. The van der Waals surface area contributed by atoms with Crippen LogP contribution in [0.4, 0.5) is 0 Å². The van der Waals surface area contributed by atoms with Crippen molar-refractivity contribution in [1.29, 1.82) is 0 Å². The summed E-state index contributed by atoms with van der Waals surface area (Å²) in [5, 5.41) is 0. The Kier molecular flexibility index (Phi) is 4.34. The van der Waals surface area contributed by atoms with Gasteiger partial charge in [-0.25, -0.2) is 0 Å². The van der Waals surface area contributed by atoms with E-state index in [4.69, 9.17) is 17.0 Å². The quantitative estimate of drug-likeness (QED) is 0.812. The number of methoxy groups -OCH3 is 1. The molecule has 1 heterocycles. The van der Waals surface area contributed by atoms with Crippen molar-refractivity contribution in [3.8, 4) is 5.75 Å². The average Bonchev–Trinajstić information content (AvgIpc) is 2.83. The number of rotatable bonds is 4. The molecule has 1 aliphatic rings. The number of imidazole rings is 1. The maximum absolute atomic E-state index is 5.51. The summed E-state index contributed by atoms with van der Waals surface area (Å²) in [6.45, 7) is 3.34. The Hall–Kier alpha value is -1.29. The Balaban J connectivity index is 1.83. The number of benzene rings is 1. The minimum atomic E-state index is 0.754. The molecule has 2 aromatic rings. The number of H-pyrrole nitrogens is 1. The molecule has 3 nitrogen and oxygen atoms in total. The first-order chi connectivity index (χ1) is 10.2. The summed E-state index contributed by atoms with van der Waals surface area (Å²) in [7, 11) is 1.71. The Morgan fingerprint density at radius 2 is 1.95 bits per heavy atom. The molecule has 1 aromatic carbocycles. The summed E-state index contributed by atoms with van der Waals surface area (Å²) in [5.41, 5.74) is 2.26. The lowest BCUT2D eigenvalue weighted by Gasteiger charge is -2.28. The van der Waals surface area contributed by atoms with Gasteiger partial charge in [0.1, 0.15) is 5.75 Å². The van der Waals surface area contributed by atoms with Crippen LogP contribution in [0, 0.1) is 16.6 Å². The first-order valence-electron chi connectivity index (χ1n) is 7.97. The molecule has 4 heteroatoms. The van der Waals surface area contributed by atoms with Gasteiger partial charge in [-0.1, -0.05) is 26.2 Å². The molecular formula is C17H24N2OS. The molecule has 0 atom stereocenters. The van der Waals surface area contributed by atoms with E-state index in [1.165, 1.54) is 32.1 Å². The lowest BCUT2D eigenvalue weighted by molar-refractivity contribution is 0.248. The van der Waals surface area contributed by atoms with Crippen molar-refractivity contribution in [2.45, 2.75) is 45.6 Å². The van der Waals surface area contributed by atoms with Gasteiger partial charge in [-0.2, -0.15) is 0 Å². The predicted molar refractivity (Wildman–Crippen MR) is 89.4 cm³/mol. The molecule has 1 fully saturated rings. The molecule has 1 aromatic heterocycles. The van der Waals surface area contributed by atoms with E-state index in [1.54, 1.807) is 7.11 Å². The summed E-state index contributed by atoms with van der Waals surface area (Å²) in [5.74, 6) is 2.59. The number of hydrogen-bond donors (Lipinski definition) is 1. The predicted octanol–water partition coefficient (Wildman–Crippen LogP) is 4.92. The Bertz CT molecular complexity index is 665. The summed E-state index contributed by atoms with van der Waals surface area (Å²) in [4.78, 5) is 3.31. The number of nitrogens with zero attached hydrogens (tertiary/aromatic N) is 1. The van der Waals surface area contributed by atoms with Crippen LogP contribution in [0.2, 0.25) is 0 Å². The van der Waals surface area contributed by atoms with Gasteiger partial charge in [-0.15, -0.1) is 0 Å². The standard InChI is InChI=1S/C17H24N2OS/c1-3-12-4-6-13(7-5-12)11-19-16-10-14(20-2)8-9-15(16)18-17(19)21/h8-10,12-13H,3-7,11H2,1-2H3,(H,18,21). The van der Waals surface area contributed by atoms with E-state index in [0.717, 1.165) is 39.9 Å². The van der Waals surface area contributed by atoms with Crippen molar-refractivity contribution in [3.63, 3.8) is 0 Å². The second-order valence-electron chi connectivity index (χ2n) is 6.22. The van der Waals surface area contributed by atoms with Crippen LogP contribution in [0.3, 0.4) is 0 Å². The van der Waals surface area contributed by atoms with Gasteiger partial charge in [0.05, 0.1) is 18.1 Å². The number of ether oxygens (including phenoxy) is 1. The number of aromatic nitrogens is 2. The van der Waals surface area contributed by atoms with Gasteiger partial charge in [-0.3, -0.25) is 0 Å². The summed E-state index contributed by atoms with van der Waals surface area (Å²) in [6.07, 6.45) is 6.74. The zero-order valence-corrected chi connectivity index (χ0v) is 13.7. The van der Waals surface area contributed by atoms with Crippen LogP contribution in [0.15, 0.2) is 18.2 Å². The lowest BCUT2D eigenvalue weighted by atomic mass is 9.81. The zero-order chi connectivity index (χ0) is 14.8. The first kappa shape index (κ1) is 14.6. The van der Waals surface area contributed by atoms with Crippen LogP contribution in [-0.4, -0.2) is 16.7 Å². The molecule has 0 saturated heterocycles. The highest BCUT2D eigenvalue weighted by Crippen LogP contribution is 2.32. The van der Waals surface area contributed by atoms with Crippen molar-refractivity contribution in [2.75, 3.05) is 7.11 Å². The second kappa shape index (κ2) is 6.22. The monoisotopic (exact) mass is 304 g/mol. The highest BCUT2D eigenvalue weighted by atomic mass is 32.1. The van der Waals surface area contributed by atoms with Gasteiger partial charge in [0.2, 0.25) is 0 Å². The molecule has 0 aliphatic heterocycles. The topological polar surface area (TPSA) is 29.9 Å². The lowest BCUT2D eigenvalue weighted by Crippen LogP contribution is -2.18. The van der Waals surface area contributed by atoms with Gasteiger partial charge in [0.25, 0.3) is 0 Å². The maximum Gasteiger partial charge on any atom is 0.178 e. The molecule has 0 amide bonds. The third-order valence-corrected chi connectivity index (χ3v) is 5.29. The van der Waals surface area contributed by atoms with E-state index in [-0.39, 0.29) is 0 Å². The summed E-state index contributed by atoms with van der Waals surface area (Å²) >= 11 is 5.51. The third-order valence-electron chi connectivity index (χ3n) is 4.97. The second-order valence-corrected chi connectivity index (χ2v) is 6.61. The van der Waals surface area contributed by atoms with Crippen molar-refractivity contribution in [1.82, 2.24) is 9.55 Å². The minimum absolute atomic E-state index is 0.754. The molecule has 1 aliphatic carbocycles. The van der Waals surface area contributed by atoms with E-state index >= 15 is 0 Å². The van der Waals surface area contributed by atoms with Crippen molar-refractivity contribution in [3.05, 3.63) is 23.0 Å². The van der Waals surface area contributed by atoms with Gasteiger partial charge >= 0.3 is 0 Å². The van der Waals surface area contributed by atoms with E-state index < -0.39 is 0 Å². The molecule has 0 spiro atoms. The fourth-order valence-corrected chi connectivity index (χ4v) is 3.80. The van der Waals surface area contributed by atoms with Crippen molar-refractivity contribution >= 4 is 23.3 Å². The third kappa shape index (κ3) is 3.00. The summed E-state index contributed by atoms with van der Waals surface area (Å²) < 4.78 is 8.43. The smallest absolute Gasteiger partial charge is 0.178 e. The van der Waals surface area contributed by atoms with Crippen LogP contribution in [-0.2, 0) is 6.54 Å². The van der Waals surface area contributed by atoms with Gasteiger partial charge in [0.15, 0.2) is 4.77 Å². The van der Waals surface area contributed by atoms with Crippen LogP contribution >= 0.6 is 12.2 Å². The molecule has 0 bridgehead atoms. The number of nitrogens with one attached hydrogen (secondary N) is 1. The van der Waals surface area contributed by atoms with E-state index in [9.17, 15) is 0 Å². The van der Waals surface area contributed by atoms with E-state index in [0.29, 0.717) is 0 Å². The molecule has 21 heavy (non-hydrogen) atoms. The highest BCUT2D eigenvalue weighted by Gasteiger charge is 2.21. The SMILES string of the molecule is CCC1CCC(Cn2c(=S)[nH]c3ccc(OC)cc32)CC1. The van der Waals surface area contributed by atoms with Crippen LogP contribution in [0.1, 0.15) is 39.0 Å². The van der Waals surface area contributed by atoms with Crippen LogP contribution in [0.25, 0.3) is 11.0 Å². The minimum Gasteiger partial charge on any atom is -0.497 e. The van der Waals surface area contributed by atoms with Crippen molar-refractivity contribution < 1.29 is 4.74 Å². The highest BCUT2D eigenvalue weighted by molar-refractivity contribution is 7.71. The molecule has 0 radical (unpaired) electrons. The summed E-state index contributed by atoms with van der Waals surface area (Å²) in [6, 6.07) is 6.11. The first-order valence-corrected chi connectivity index (χ1v) is 8.38. The average molecular weight is 304 g/mol. The molecule has 1 N–H and O–H groups in total. The fraction of sp³-hybridized carbons (Fsp3) is 0.588. The molecule has 3 rings (SSSR count). The molecule has 114 valence electrons. The molecular weight excluding hydrogens is 280 g/mol. The molecule has 1 saturated carbocycles. The Morgan fingerprint density at radius 1 is 1.24 bits per heavy atom. The zero-order valence-electron chi connectivity index (χ0n) is 12.9. The maximum atomic E-state index is 5.51. The number of hydrogen-bond acceptors (Lipinski definition) is 2. The van der Waals surface area contributed by atoms with Gasteiger partial charge in [0, 0.05) is 12.6 Å². The number of aromatic amines is 1. The van der Waals surface area contributed by atoms with Crippen LogP contribution < -0.4 is 4.74 Å². The van der Waals surface area contributed by atoms with E-state index in [1.807, 2.05) is 6.07 Å².